The summed E-state index contributed by atoms with van der Waals surface area (Å²) < 4.78 is 18.6. The Morgan fingerprint density at radius 3 is 3.00 bits per heavy atom. The van der Waals surface area contributed by atoms with Gasteiger partial charge in [0, 0.05) is 22.5 Å². The van der Waals surface area contributed by atoms with E-state index in [1.165, 1.54) is 6.07 Å². The zero-order chi connectivity index (χ0) is 10.3. The molecule has 0 saturated carbocycles. The second-order valence-electron chi connectivity index (χ2n) is 3.57. The second kappa shape index (κ2) is 3.41. The molecule has 1 aliphatic heterocycles. The van der Waals surface area contributed by atoms with Crippen molar-refractivity contribution in [2.75, 3.05) is 6.61 Å². The quantitative estimate of drug-likeness (QED) is 0.721. The number of fused-ring (bicyclic) bond motifs is 1. The van der Waals surface area contributed by atoms with E-state index in [2.05, 4.69) is 0 Å². The molecule has 0 amide bonds. The van der Waals surface area contributed by atoms with Crippen LogP contribution in [0.2, 0.25) is 5.02 Å². The summed E-state index contributed by atoms with van der Waals surface area (Å²) in [5.74, 6) is -0.0400. The number of rotatable bonds is 0. The fourth-order valence-corrected chi connectivity index (χ4v) is 1.84. The van der Waals surface area contributed by atoms with Gasteiger partial charge in [0.2, 0.25) is 0 Å². The summed E-state index contributed by atoms with van der Waals surface area (Å²) in [6.45, 7) is 2.30. The Labute approximate surface area is 86.8 Å². The van der Waals surface area contributed by atoms with Crippen LogP contribution in [0.5, 0.6) is 5.75 Å². The first-order chi connectivity index (χ1) is 6.59. The largest absolute Gasteiger partial charge is 0.489 e. The van der Waals surface area contributed by atoms with E-state index in [-0.39, 0.29) is 12.0 Å². The summed E-state index contributed by atoms with van der Waals surface area (Å²) in [4.78, 5) is 0. The Morgan fingerprint density at radius 1 is 1.57 bits per heavy atom. The Balaban J connectivity index is 2.54. The van der Waals surface area contributed by atoms with E-state index in [0.717, 1.165) is 5.56 Å². The van der Waals surface area contributed by atoms with Crippen LogP contribution in [0.25, 0.3) is 0 Å². The minimum absolute atomic E-state index is 0.0759. The van der Waals surface area contributed by atoms with Gasteiger partial charge in [0.15, 0.2) is 11.6 Å². The maximum Gasteiger partial charge on any atom is 0.166 e. The average molecular weight is 216 g/mol. The van der Waals surface area contributed by atoms with E-state index in [9.17, 15) is 4.39 Å². The zero-order valence-electron chi connectivity index (χ0n) is 7.76. The van der Waals surface area contributed by atoms with Crippen LogP contribution in [0.1, 0.15) is 18.4 Å². The molecule has 1 aromatic carbocycles. The van der Waals surface area contributed by atoms with Crippen molar-refractivity contribution in [1.82, 2.24) is 0 Å². The lowest BCUT2D eigenvalue weighted by molar-refractivity contribution is 0.233. The molecular weight excluding hydrogens is 205 g/mol. The molecule has 0 spiro atoms. The van der Waals surface area contributed by atoms with Gasteiger partial charge < -0.3 is 10.5 Å². The van der Waals surface area contributed by atoms with E-state index in [4.69, 9.17) is 22.1 Å². The van der Waals surface area contributed by atoms with E-state index in [1.807, 2.05) is 6.92 Å². The van der Waals surface area contributed by atoms with Gasteiger partial charge >= 0.3 is 0 Å². The number of hydrogen-bond donors (Lipinski definition) is 1. The molecule has 2 nitrogen and oxygen atoms in total. The van der Waals surface area contributed by atoms with Gasteiger partial charge in [0.25, 0.3) is 0 Å². The molecule has 14 heavy (non-hydrogen) atoms. The van der Waals surface area contributed by atoms with Crippen molar-refractivity contribution in [2.45, 2.75) is 18.9 Å². The maximum absolute atomic E-state index is 13.4. The van der Waals surface area contributed by atoms with Crippen LogP contribution in [-0.2, 0) is 0 Å². The summed E-state index contributed by atoms with van der Waals surface area (Å²) in [7, 11) is 0. The first kappa shape index (κ1) is 9.74. The van der Waals surface area contributed by atoms with Crippen molar-refractivity contribution >= 4 is 11.6 Å². The third kappa shape index (κ3) is 1.47. The molecule has 0 fully saturated rings. The summed E-state index contributed by atoms with van der Waals surface area (Å²) in [5, 5.41) is 0.380. The number of hydrogen-bond acceptors (Lipinski definition) is 2. The first-order valence-corrected chi connectivity index (χ1v) is 4.84. The SMILES string of the molecule is C[C@H]1c2cc(Cl)cc(F)c2OC[C@H]1N. The van der Waals surface area contributed by atoms with Crippen LogP contribution >= 0.6 is 11.6 Å². The summed E-state index contributed by atoms with van der Waals surface area (Å²) in [5.41, 5.74) is 6.56. The highest BCUT2D eigenvalue weighted by molar-refractivity contribution is 6.30. The molecule has 0 radical (unpaired) electrons. The molecular formula is C10H11ClFNO. The van der Waals surface area contributed by atoms with Crippen LogP contribution < -0.4 is 10.5 Å². The highest BCUT2D eigenvalue weighted by Crippen LogP contribution is 2.36. The van der Waals surface area contributed by atoms with Crippen molar-refractivity contribution in [1.29, 1.82) is 0 Å². The minimum Gasteiger partial charge on any atom is -0.489 e. The molecule has 76 valence electrons. The molecule has 0 aromatic heterocycles. The number of halogens is 2. The zero-order valence-corrected chi connectivity index (χ0v) is 8.51. The molecule has 1 aliphatic rings. The lowest BCUT2D eigenvalue weighted by Crippen LogP contribution is -2.37. The highest BCUT2D eigenvalue weighted by Gasteiger charge is 2.27. The number of benzene rings is 1. The van der Waals surface area contributed by atoms with Crippen LogP contribution in [0.15, 0.2) is 12.1 Å². The van der Waals surface area contributed by atoms with Gasteiger partial charge in [-0.05, 0) is 12.1 Å². The molecule has 2 N–H and O–H groups in total. The molecule has 0 saturated heterocycles. The molecule has 0 aliphatic carbocycles. The highest BCUT2D eigenvalue weighted by atomic mass is 35.5. The third-order valence-electron chi connectivity index (χ3n) is 2.59. The fourth-order valence-electron chi connectivity index (χ4n) is 1.63. The van der Waals surface area contributed by atoms with Crippen molar-refractivity contribution in [3.8, 4) is 5.75 Å². The normalized spacial score (nSPS) is 25.4. The Bertz CT molecular complexity index is 369. The second-order valence-corrected chi connectivity index (χ2v) is 4.01. The number of ether oxygens (including phenoxy) is 1. The van der Waals surface area contributed by atoms with Gasteiger partial charge in [-0.15, -0.1) is 0 Å². The van der Waals surface area contributed by atoms with Gasteiger partial charge in [0.1, 0.15) is 6.61 Å². The smallest absolute Gasteiger partial charge is 0.166 e. The van der Waals surface area contributed by atoms with Gasteiger partial charge in [-0.25, -0.2) is 4.39 Å². The predicted octanol–water partition coefficient (Wildman–Crippen LogP) is 2.30. The topological polar surface area (TPSA) is 35.2 Å². The van der Waals surface area contributed by atoms with E-state index in [0.29, 0.717) is 17.4 Å². The van der Waals surface area contributed by atoms with Crippen LogP contribution in [0, 0.1) is 5.82 Å². The summed E-state index contributed by atoms with van der Waals surface area (Å²) in [6.07, 6.45) is 0. The standard InChI is InChI=1S/C10H11ClFNO/c1-5-7-2-6(11)3-8(12)10(7)14-4-9(5)13/h2-3,5,9H,4,13H2,1H3/t5-,9+/m0/s1. The number of nitrogens with two attached hydrogens (primary N) is 1. The van der Waals surface area contributed by atoms with E-state index < -0.39 is 5.82 Å². The van der Waals surface area contributed by atoms with E-state index in [1.54, 1.807) is 6.07 Å². The van der Waals surface area contributed by atoms with Gasteiger partial charge in [-0.3, -0.25) is 0 Å². The van der Waals surface area contributed by atoms with Crippen molar-refractivity contribution in [3.63, 3.8) is 0 Å². The maximum atomic E-state index is 13.4. The lowest BCUT2D eigenvalue weighted by Gasteiger charge is -2.29. The van der Waals surface area contributed by atoms with Crippen molar-refractivity contribution in [2.24, 2.45) is 5.73 Å². The van der Waals surface area contributed by atoms with Crippen LogP contribution in [-0.4, -0.2) is 12.6 Å². The van der Waals surface area contributed by atoms with Crippen LogP contribution in [0.3, 0.4) is 0 Å². The van der Waals surface area contributed by atoms with Crippen LogP contribution in [0.4, 0.5) is 4.39 Å². The monoisotopic (exact) mass is 215 g/mol. The molecule has 0 bridgehead atoms. The molecule has 1 heterocycles. The summed E-state index contributed by atoms with van der Waals surface area (Å²) in [6, 6.07) is 2.87. The Morgan fingerprint density at radius 2 is 2.29 bits per heavy atom. The molecule has 2 atom stereocenters. The lowest BCUT2D eigenvalue weighted by atomic mass is 9.91. The van der Waals surface area contributed by atoms with Gasteiger partial charge in [0.05, 0.1) is 0 Å². The van der Waals surface area contributed by atoms with Gasteiger partial charge in [-0.2, -0.15) is 0 Å². The molecule has 4 heteroatoms. The minimum atomic E-state index is -0.411. The van der Waals surface area contributed by atoms with Gasteiger partial charge in [-0.1, -0.05) is 18.5 Å². The van der Waals surface area contributed by atoms with Crippen molar-refractivity contribution in [3.05, 3.63) is 28.5 Å². The first-order valence-electron chi connectivity index (χ1n) is 4.47. The molecule has 0 unspecified atom stereocenters. The Hall–Kier alpha value is -0.800. The molecule has 1 aromatic rings. The van der Waals surface area contributed by atoms with Crippen molar-refractivity contribution < 1.29 is 9.13 Å². The fraction of sp³-hybridized carbons (Fsp3) is 0.400. The predicted molar refractivity (Wildman–Crippen MR) is 53.3 cm³/mol. The van der Waals surface area contributed by atoms with E-state index >= 15 is 0 Å². The summed E-state index contributed by atoms with van der Waals surface area (Å²) >= 11 is 5.76. The Kier molecular flexibility index (Phi) is 2.37. The molecule has 2 rings (SSSR count). The third-order valence-corrected chi connectivity index (χ3v) is 2.81. The average Bonchev–Trinajstić information content (AvgIpc) is 2.12.